The van der Waals surface area contributed by atoms with E-state index < -0.39 is 0 Å². The van der Waals surface area contributed by atoms with Crippen molar-refractivity contribution in [2.45, 2.75) is 0 Å². The summed E-state index contributed by atoms with van der Waals surface area (Å²) in [5, 5.41) is 2.75. The van der Waals surface area contributed by atoms with Crippen LogP contribution in [0.25, 0.3) is 0 Å². The normalized spacial score (nSPS) is 23.0. The van der Waals surface area contributed by atoms with E-state index in [2.05, 4.69) is 4.99 Å². The molecule has 2 aliphatic heterocycles. The molecule has 3 nitrogen and oxygen atoms in total. The number of fused-ring (bicyclic) bond motifs is 1. The molecule has 0 radical (unpaired) electrons. The van der Waals surface area contributed by atoms with Crippen LogP contribution in [0.1, 0.15) is 0 Å². The lowest BCUT2D eigenvalue weighted by Crippen LogP contribution is -2.27. The second-order valence-electron chi connectivity index (χ2n) is 1.75. The molecule has 0 fully saturated rings. The lowest BCUT2D eigenvalue weighted by Gasteiger charge is -2.16. The van der Waals surface area contributed by atoms with E-state index in [1.54, 1.807) is 11.1 Å². The Morgan fingerprint density at radius 1 is 1.70 bits per heavy atom. The van der Waals surface area contributed by atoms with E-state index in [0.29, 0.717) is 5.88 Å². The average Bonchev–Trinajstić information content (AvgIpc) is 2.36. The first kappa shape index (κ1) is 6.30. The van der Waals surface area contributed by atoms with Gasteiger partial charge in [0.25, 0.3) is 5.24 Å². The molecule has 0 aromatic carbocycles. The molecule has 0 N–H and O–H groups in total. The Morgan fingerprint density at radius 3 is 3.40 bits per heavy atom. The van der Waals surface area contributed by atoms with Crippen LogP contribution in [0, 0.1) is 0 Å². The van der Waals surface area contributed by atoms with E-state index in [9.17, 15) is 4.79 Å². The number of hydrogen-bond donors (Lipinski definition) is 0. The lowest BCUT2D eigenvalue weighted by atomic mass is 10.8. The zero-order valence-corrected chi connectivity index (χ0v) is 6.61. The van der Waals surface area contributed by atoms with Crippen molar-refractivity contribution < 1.29 is 4.79 Å². The minimum atomic E-state index is 0.0752. The van der Waals surface area contributed by atoms with Gasteiger partial charge in [-0.05, 0) is 17.2 Å². The highest BCUT2D eigenvalue weighted by Gasteiger charge is 2.24. The van der Waals surface area contributed by atoms with E-state index in [1.165, 1.54) is 23.5 Å². The molecule has 0 saturated carbocycles. The lowest BCUT2D eigenvalue weighted by molar-refractivity contribution is 0.252. The minimum absolute atomic E-state index is 0.0752. The molecule has 0 bridgehead atoms. The largest absolute Gasteiger partial charge is 0.293 e. The highest BCUT2D eigenvalue weighted by atomic mass is 32.2. The van der Waals surface area contributed by atoms with E-state index in [1.807, 2.05) is 5.41 Å². The molecule has 0 aromatic heterocycles. The SMILES string of the molecule is O=C1SCN=C2SC=CN12. The van der Waals surface area contributed by atoms with E-state index in [0.717, 1.165) is 5.17 Å². The second-order valence-corrected chi connectivity index (χ2v) is 3.52. The van der Waals surface area contributed by atoms with Gasteiger partial charge in [0.1, 0.15) is 0 Å². The topological polar surface area (TPSA) is 32.7 Å². The third-order valence-corrected chi connectivity index (χ3v) is 2.67. The highest BCUT2D eigenvalue weighted by Crippen LogP contribution is 2.27. The van der Waals surface area contributed by atoms with E-state index in [-0.39, 0.29) is 5.24 Å². The summed E-state index contributed by atoms with van der Waals surface area (Å²) in [6.45, 7) is 0. The van der Waals surface area contributed by atoms with Gasteiger partial charge in [-0.25, -0.2) is 0 Å². The van der Waals surface area contributed by atoms with Gasteiger partial charge in [-0.2, -0.15) is 0 Å². The molecule has 0 aliphatic carbocycles. The molecule has 1 amide bonds. The third kappa shape index (κ3) is 0.856. The molecule has 2 rings (SSSR count). The van der Waals surface area contributed by atoms with Crippen molar-refractivity contribution in [2.75, 3.05) is 5.88 Å². The summed E-state index contributed by atoms with van der Waals surface area (Å²) < 4.78 is 0. The number of hydrogen-bond acceptors (Lipinski definition) is 4. The molecule has 52 valence electrons. The van der Waals surface area contributed by atoms with Gasteiger partial charge < -0.3 is 0 Å². The van der Waals surface area contributed by atoms with Crippen LogP contribution in [0.3, 0.4) is 0 Å². The van der Waals surface area contributed by atoms with Crippen molar-refractivity contribution in [3.63, 3.8) is 0 Å². The van der Waals surface area contributed by atoms with Gasteiger partial charge in [-0.3, -0.25) is 14.7 Å². The summed E-state index contributed by atoms with van der Waals surface area (Å²) in [4.78, 5) is 16.7. The Hall–Kier alpha value is -0.420. The Morgan fingerprint density at radius 2 is 2.60 bits per heavy atom. The fourth-order valence-electron chi connectivity index (χ4n) is 0.737. The summed E-state index contributed by atoms with van der Waals surface area (Å²) in [6, 6.07) is 0. The molecule has 0 aromatic rings. The molecule has 0 spiro atoms. The summed E-state index contributed by atoms with van der Waals surface area (Å²) >= 11 is 2.72. The molecule has 10 heavy (non-hydrogen) atoms. The number of rotatable bonds is 0. The van der Waals surface area contributed by atoms with Crippen LogP contribution >= 0.6 is 23.5 Å². The van der Waals surface area contributed by atoms with Gasteiger partial charge in [0.15, 0.2) is 5.17 Å². The Kier molecular flexibility index (Phi) is 1.46. The van der Waals surface area contributed by atoms with Crippen molar-refractivity contribution in [1.82, 2.24) is 4.90 Å². The number of carbonyl (C=O) groups is 1. The molecular formula is C5H4N2OS2. The van der Waals surface area contributed by atoms with Crippen LogP contribution < -0.4 is 0 Å². The summed E-state index contributed by atoms with van der Waals surface area (Å²) in [5.41, 5.74) is 0. The summed E-state index contributed by atoms with van der Waals surface area (Å²) in [5.74, 6) is 0.569. The van der Waals surface area contributed by atoms with Gasteiger partial charge >= 0.3 is 0 Å². The Bertz CT molecular complexity index is 236. The van der Waals surface area contributed by atoms with Crippen LogP contribution in [0.5, 0.6) is 0 Å². The van der Waals surface area contributed by atoms with Crippen LogP contribution in [-0.2, 0) is 0 Å². The minimum Gasteiger partial charge on any atom is -0.261 e. The summed E-state index contributed by atoms with van der Waals surface area (Å²) in [6.07, 6.45) is 1.75. The molecule has 5 heteroatoms. The van der Waals surface area contributed by atoms with Gasteiger partial charge in [-0.15, -0.1) is 0 Å². The number of thioether (sulfide) groups is 2. The third-order valence-electron chi connectivity index (χ3n) is 1.17. The maximum absolute atomic E-state index is 11.0. The number of nitrogens with zero attached hydrogens (tertiary/aromatic N) is 2. The van der Waals surface area contributed by atoms with Gasteiger partial charge in [0, 0.05) is 6.20 Å². The maximum atomic E-state index is 11.0. The molecule has 0 saturated heterocycles. The quantitative estimate of drug-likeness (QED) is 0.557. The van der Waals surface area contributed by atoms with Crippen LogP contribution in [0.4, 0.5) is 4.79 Å². The van der Waals surface area contributed by atoms with Crippen molar-refractivity contribution >= 4 is 33.9 Å². The first-order valence-electron chi connectivity index (χ1n) is 2.72. The van der Waals surface area contributed by atoms with Crippen LogP contribution in [-0.4, -0.2) is 21.2 Å². The van der Waals surface area contributed by atoms with Crippen molar-refractivity contribution in [1.29, 1.82) is 0 Å². The second kappa shape index (κ2) is 2.32. The van der Waals surface area contributed by atoms with Crippen molar-refractivity contribution in [3.05, 3.63) is 11.6 Å². The summed E-state index contributed by atoms with van der Waals surface area (Å²) in [7, 11) is 0. The molecule has 2 heterocycles. The number of carbonyl (C=O) groups excluding carboxylic acids is 1. The first-order valence-corrected chi connectivity index (χ1v) is 4.58. The number of amidine groups is 1. The van der Waals surface area contributed by atoms with Crippen molar-refractivity contribution in [3.8, 4) is 0 Å². The zero-order chi connectivity index (χ0) is 6.97. The predicted octanol–water partition coefficient (Wildman–Crippen LogP) is 1.69. The van der Waals surface area contributed by atoms with Crippen molar-refractivity contribution in [2.24, 2.45) is 4.99 Å². The van der Waals surface area contributed by atoms with E-state index in [4.69, 9.17) is 0 Å². The Balaban J connectivity index is 2.33. The molecule has 2 aliphatic rings. The molecule has 0 unspecified atom stereocenters. The van der Waals surface area contributed by atoms with Gasteiger partial charge in [-0.1, -0.05) is 11.8 Å². The Labute approximate surface area is 66.6 Å². The standard InChI is InChI=1S/C5H4N2OS2/c8-5-7-1-2-9-4(7)6-3-10-5/h1-2H,3H2. The van der Waals surface area contributed by atoms with Gasteiger partial charge in [0.05, 0.1) is 5.88 Å². The fraction of sp³-hybridized carbons (Fsp3) is 0.200. The monoisotopic (exact) mass is 172 g/mol. The van der Waals surface area contributed by atoms with Crippen LogP contribution in [0.15, 0.2) is 16.6 Å². The predicted molar refractivity (Wildman–Crippen MR) is 43.9 cm³/mol. The number of aliphatic imine (C=N–C) groups is 1. The maximum Gasteiger partial charge on any atom is 0.293 e. The zero-order valence-electron chi connectivity index (χ0n) is 4.98. The first-order chi connectivity index (χ1) is 4.88. The van der Waals surface area contributed by atoms with Gasteiger partial charge in [0.2, 0.25) is 0 Å². The fourth-order valence-corrected chi connectivity index (χ4v) is 2.16. The average molecular weight is 172 g/mol. The van der Waals surface area contributed by atoms with Crippen LogP contribution in [0.2, 0.25) is 0 Å². The molecular weight excluding hydrogens is 168 g/mol. The highest BCUT2D eigenvalue weighted by molar-refractivity contribution is 8.18. The number of amides is 1. The molecule has 0 atom stereocenters. The van der Waals surface area contributed by atoms with E-state index >= 15 is 0 Å². The smallest absolute Gasteiger partial charge is 0.261 e.